The lowest BCUT2D eigenvalue weighted by Gasteiger charge is -2.14. The van der Waals surface area contributed by atoms with Gasteiger partial charge in [-0.05, 0) is 42.8 Å². The fourth-order valence-corrected chi connectivity index (χ4v) is 4.41. The Labute approximate surface area is 186 Å². The highest BCUT2D eigenvalue weighted by molar-refractivity contribution is 7.18. The molecule has 2 aromatic carbocycles. The van der Waals surface area contributed by atoms with Gasteiger partial charge in [0, 0.05) is 28.0 Å². The predicted octanol–water partition coefficient (Wildman–Crippen LogP) is 5.27. The van der Waals surface area contributed by atoms with Gasteiger partial charge in [0.15, 0.2) is 0 Å². The van der Waals surface area contributed by atoms with Crippen molar-refractivity contribution in [3.63, 3.8) is 0 Å². The first-order valence-corrected chi connectivity index (χ1v) is 10.6. The molecule has 3 heterocycles. The van der Waals surface area contributed by atoms with E-state index in [1.807, 2.05) is 25.1 Å². The molecule has 5 rings (SSSR count). The van der Waals surface area contributed by atoms with Gasteiger partial charge in [0.1, 0.15) is 23.8 Å². The summed E-state index contributed by atoms with van der Waals surface area (Å²) in [6.07, 6.45) is 3.01. The van der Waals surface area contributed by atoms with Gasteiger partial charge < -0.3 is 16.4 Å². The Morgan fingerprint density at radius 1 is 1.03 bits per heavy atom. The number of pyridine rings is 1. The summed E-state index contributed by atoms with van der Waals surface area (Å²) >= 11 is 1.33. The molecule has 158 valence electrons. The number of benzene rings is 2. The van der Waals surface area contributed by atoms with Crippen LogP contribution in [0.3, 0.4) is 0 Å². The minimum absolute atomic E-state index is 0.283. The number of nitrogens with zero attached hydrogens (tertiary/aromatic N) is 3. The van der Waals surface area contributed by atoms with Crippen LogP contribution >= 0.6 is 11.3 Å². The van der Waals surface area contributed by atoms with Gasteiger partial charge in [-0.1, -0.05) is 12.1 Å². The lowest BCUT2D eigenvalue weighted by molar-refractivity contribution is 0.102. The number of nitrogens with one attached hydrogen (secondary N) is 2. The van der Waals surface area contributed by atoms with E-state index in [1.165, 1.54) is 29.8 Å². The number of carbonyl (C=O) groups is 1. The summed E-state index contributed by atoms with van der Waals surface area (Å²) in [7, 11) is 0. The first-order chi connectivity index (χ1) is 15.5. The van der Waals surface area contributed by atoms with Crippen molar-refractivity contribution in [1.82, 2.24) is 15.0 Å². The third kappa shape index (κ3) is 3.48. The van der Waals surface area contributed by atoms with Crippen molar-refractivity contribution in [2.24, 2.45) is 0 Å². The van der Waals surface area contributed by atoms with Gasteiger partial charge in [-0.15, -0.1) is 11.3 Å². The summed E-state index contributed by atoms with van der Waals surface area (Å²) < 4.78 is 13.9. The molecule has 3 aromatic heterocycles. The first-order valence-electron chi connectivity index (χ1n) is 9.71. The largest absolute Gasteiger partial charge is 0.382 e. The SMILES string of the molecule is Cc1ccc2c(Nc3ccc(F)cc3)nccc2c1NC(=O)c1csc2c(N)ncnc12. The van der Waals surface area contributed by atoms with E-state index in [1.54, 1.807) is 23.7 Å². The Morgan fingerprint density at radius 2 is 1.84 bits per heavy atom. The fourth-order valence-electron chi connectivity index (χ4n) is 3.51. The van der Waals surface area contributed by atoms with Crippen LogP contribution in [0.4, 0.5) is 27.4 Å². The number of rotatable bonds is 4. The van der Waals surface area contributed by atoms with Crippen LogP contribution in [0.15, 0.2) is 60.4 Å². The molecule has 0 aliphatic heterocycles. The van der Waals surface area contributed by atoms with Gasteiger partial charge in [0.2, 0.25) is 0 Å². The summed E-state index contributed by atoms with van der Waals surface area (Å²) in [4.78, 5) is 25.8. The molecule has 0 bridgehead atoms. The number of fused-ring (bicyclic) bond motifs is 2. The number of aryl methyl sites for hydroxylation is 1. The van der Waals surface area contributed by atoms with Crippen molar-refractivity contribution in [3.05, 3.63) is 77.3 Å². The zero-order valence-electron chi connectivity index (χ0n) is 16.9. The topological polar surface area (TPSA) is 106 Å². The first kappa shape index (κ1) is 19.8. The van der Waals surface area contributed by atoms with E-state index in [0.29, 0.717) is 38.8 Å². The fraction of sp³-hybridized carbons (Fsp3) is 0.0435. The van der Waals surface area contributed by atoms with E-state index in [-0.39, 0.29) is 11.7 Å². The van der Waals surface area contributed by atoms with Crippen molar-refractivity contribution in [1.29, 1.82) is 0 Å². The number of carbonyl (C=O) groups excluding carboxylic acids is 1. The number of amides is 1. The number of nitrogen functional groups attached to an aromatic ring is 1. The van der Waals surface area contributed by atoms with Gasteiger partial charge in [-0.25, -0.2) is 19.3 Å². The van der Waals surface area contributed by atoms with Gasteiger partial charge in [0.05, 0.1) is 21.5 Å². The van der Waals surface area contributed by atoms with Crippen molar-refractivity contribution in [2.75, 3.05) is 16.4 Å². The highest BCUT2D eigenvalue weighted by Crippen LogP contribution is 2.33. The molecule has 1 amide bonds. The molecule has 0 spiro atoms. The number of aromatic nitrogens is 3. The molecule has 0 atom stereocenters. The Balaban J connectivity index is 1.53. The standard InChI is InChI=1S/C23H17FN6OS/c1-12-2-7-16-15(8-9-26-22(16)29-14-5-3-13(24)4-6-14)18(12)30-23(31)17-10-32-20-19(17)27-11-28-21(20)25/h2-11H,1H3,(H,26,29)(H,30,31)(H2,25,27,28). The molecule has 0 unspecified atom stereocenters. The van der Waals surface area contributed by atoms with Crippen LogP contribution in [-0.2, 0) is 0 Å². The van der Waals surface area contributed by atoms with E-state index in [4.69, 9.17) is 5.73 Å². The zero-order chi connectivity index (χ0) is 22.2. The molecule has 0 saturated carbocycles. The number of halogens is 1. The molecular formula is C23H17FN6OS. The molecular weight excluding hydrogens is 427 g/mol. The second kappa shape index (κ2) is 7.86. The van der Waals surface area contributed by atoms with E-state index >= 15 is 0 Å². The summed E-state index contributed by atoms with van der Waals surface area (Å²) in [6.45, 7) is 1.93. The Bertz CT molecular complexity index is 1480. The second-order valence-electron chi connectivity index (χ2n) is 7.18. The lowest BCUT2D eigenvalue weighted by atomic mass is 10.0. The summed E-state index contributed by atoms with van der Waals surface area (Å²) in [5.74, 6) is 0.360. The number of hydrogen-bond donors (Lipinski definition) is 3. The third-order valence-electron chi connectivity index (χ3n) is 5.13. The maximum atomic E-state index is 13.2. The monoisotopic (exact) mass is 444 g/mol. The van der Waals surface area contributed by atoms with E-state index in [9.17, 15) is 9.18 Å². The van der Waals surface area contributed by atoms with Crippen molar-refractivity contribution in [2.45, 2.75) is 6.92 Å². The van der Waals surface area contributed by atoms with E-state index in [0.717, 1.165) is 16.3 Å². The molecule has 32 heavy (non-hydrogen) atoms. The molecule has 5 aromatic rings. The lowest BCUT2D eigenvalue weighted by Crippen LogP contribution is -2.13. The average Bonchev–Trinajstić information content (AvgIpc) is 3.23. The highest BCUT2D eigenvalue weighted by atomic mass is 32.1. The Kier molecular flexibility index (Phi) is 4.87. The second-order valence-corrected chi connectivity index (χ2v) is 8.06. The third-order valence-corrected chi connectivity index (χ3v) is 6.12. The molecule has 0 radical (unpaired) electrons. The summed E-state index contributed by atoms with van der Waals surface area (Å²) in [5.41, 5.74) is 9.16. The van der Waals surface area contributed by atoms with Crippen LogP contribution in [0.25, 0.3) is 21.0 Å². The maximum absolute atomic E-state index is 13.2. The quantitative estimate of drug-likeness (QED) is 0.349. The molecule has 0 aliphatic carbocycles. The van der Waals surface area contributed by atoms with E-state index < -0.39 is 0 Å². The normalized spacial score (nSPS) is 11.1. The van der Waals surface area contributed by atoms with Gasteiger partial charge in [-0.2, -0.15) is 0 Å². The van der Waals surface area contributed by atoms with Crippen LogP contribution in [0.2, 0.25) is 0 Å². The molecule has 7 nitrogen and oxygen atoms in total. The minimum atomic E-state index is -0.310. The van der Waals surface area contributed by atoms with Crippen LogP contribution in [0.1, 0.15) is 15.9 Å². The predicted molar refractivity (Wildman–Crippen MR) is 126 cm³/mol. The van der Waals surface area contributed by atoms with Crippen LogP contribution in [0.5, 0.6) is 0 Å². The summed E-state index contributed by atoms with van der Waals surface area (Å²) in [6, 6.07) is 11.7. The smallest absolute Gasteiger partial charge is 0.258 e. The average molecular weight is 444 g/mol. The number of nitrogens with two attached hydrogens (primary N) is 1. The number of anilines is 4. The number of hydrogen-bond acceptors (Lipinski definition) is 7. The van der Waals surface area contributed by atoms with Gasteiger partial charge in [0.25, 0.3) is 5.91 Å². The van der Waals surface area contributed by atoms with Crippen LogP contribution in [-0.4, -0.2) is 20.9 Å². The van der Waals surface area contributed by atoms with Crippen LogP contribution in [0, 0.1) is 12.7 Å². The Hall–Kier alpha value is -4.11. The van der Waals surface area contributed by atoms with Gasteiger partial charge in [-0.3, -0.25) is 4.79 Å². The van der Waals surface area contributed by atoms with Gasteiger partial charge >= 0.3 is 0 Å². The van der Waals surface area contributed by atoms with Crippen molar-refractivity contribution < 1.29 is 9.18 Å². The summed E-state index contributed by atoms with van der Waals surface area (Å²) in [5, 5.41) is 9.61. The molecule has 0 fully saturated rings. The highest BCUT2D eigenvalue weighted by Gasteiger charge is 2.18. The zero-order valence-corrected chi connectivity index (χ0v) is 17.7. The molecule has 4 N–H and O–H groups in total. The maximum Gasteiger partial charge on any atom is 0.258 e. The van der Waals surface area contributed by atoms with Crippen molar-refractivity contribution >= 4 is 61.2 Å². The van der Waals surface area contributed by atoms with Crippen LogP contribution < -0.4 is 16.4 Å². The molecule has 9 heteroatoms. The van der Waals surface area contributed by atoms with E-state index in [2.05, 4.69) is 25.6 Å². The molecule has 0 saturated heterocycles. The molecule has 0 aliphatic rings. The van der Waals surface area contributed by atoms with Crippen molar-refractivity contribution in [3.8, 4) is 0 Å². The minimum Gasteiger partial charge on any atom is -0.382 e. The number of thiophene rings is 1. The Morgan fingerprint density at radius 3 is 2.66 bits per heavy atom.